The smallest absolute Gasteiger partial charge is 0.224 e. The number of primary amides is 1. The predicted molar refractivity (Wildman–Crippen MR) is 66.2 cm³/mol. The van der Waals surface area contributed by atoms with Gasteiger partial charge in [-0.3, -0.25) is 4.79 Å². The number of rotatable bonds is 3. The Morgan fingerprint density at radius 2 is 1.88 bits per heavy atom. The number of fused-ring (bicyclic) bond motifs is 1. The summed E-state index contributed by atoms with van der Waals surface area (Å²) in [6, 6.07) is 14.2. The molecule has 16 heavy (non-hydrogen) atoms. The van der Waals surface area contributed by atoms with Crippen molar-refractivity contribution in [1.82, 2.24) is 0 Å². The summed E-state index contributed by atoms with van der Waals surface area (Å²) in [6.45, 7) is 1.98. The molecule has 2 heteroatoms. The van der Waals surface area contributed by atoms with Gasteiger partial charge in [-0.2, -0.15) is 0 Å². The third-order valence-corrected chi connectivity index (χ3v) is 2.93. The minimum absolute atomic E-state index is 0.176. The Morgan fingerprint density at radius 1 is 1.19 bits per heavy atom. The Bertz CT molecular complexity index is 519. The summed E-state index contributed by atoms with van der Waals surface area (Å²) < 4.78 is 0. The summed E-state index contributed by atoms with van der Waals surface area (Å²) in [7, 11) is 0. The molecule has 0 fully saturated rings. The average molecular weight is 213 g/mol. The lowest BCUT2D eigenvalue weighted by Gasteiger charge is -2.11. The fourth-order valence-electron chi connectivity index (χ4n) is 2.03. The molecule has 0 aliphatic rings. The van der Waals surface area contributed by atoms with Gasteiger partial charge in [-0.1, -0.05) is 49.4 Å². The molecule has 0 aliphatic heterocycles. The third-order valence-electron chi connectivity index (χ3n) is 2.93. The predicted octanol–water partition coefficient (Wildman–Crippen LogP) is 2.82. The fraction of sp³-hybridized carbons (Fsp3) is 0.214. The first-order valence-electron chi connectivity index (χ1n) is 5.50. The van der Waals surface area contributed by atoms with Crippen molar-refractivity contribution < 1.29 is 4.79 Å². The van der Waals surface area contributed by atoms with E-state index in [9.17, 15) is 4.79 Å². The molecule has 82 valence electrons. The van der Waals surface area contributed by atoms with E-state index in [0.717, 1.165) is 17.4 Å². The Balaban J connectivity index is 2.49. The molecule has 0 aliphatic carbocycles. The number of carbonyl (C=O) groups excluding carboxylic acids is 1. The zero-order valence-corrected chi connectivity index (χ0v) is 9.31. The van der Waals surface area contributed by atoms with Crippen LogP contribution in [0, 0.1) is 0 Å². The van der Waals surface area contributed by atoms with E-state index in [1.807, 2.05) is 43.3 Å². The van der Waals surface area contributed by atoms with Gasteiger partial charge in [0.05, 0.1) is 5.92 Å². The van der Waals surface area contributed by atoms with Crippen LogP contribution >= 0.6 is 0 Å². The highest BCUT2D eigenvalue weighted by Gasteiger charge is 2.15. The van der Waals surface area contributed by atoms with Crippen LogP contribution in [-0.2, 0) is 4.79 Å². The van der Waals surface area contributed by atoms with E-state index in [-0.39, 0.29) is 11.8 Å². The molecular weight excluding hydrogens is 198 g/mol. The van der Waals surface area contributed by atoms with Crippen LogP contribution in [0.4, 0.5) is 0 Å². The van der Waals surface area contributed by atoms with Gasteiger partial charge in [0, 0.05) is 0 Å². The van der Waals surface area contributed by atoms with Crippen LogP contribution in [0.5, 0.6) is 0 Å². The van der Waals surface area contributed by atoms with E-state index in [1.165, 1.54) is 5.39 Å². The molecule has 0 saturated heterocycles. The maximum atomic E-state index is 11.3. The second kappa shape index (κ2) is 4.35. The second-order valence-corrected chi connectivity index (χ2v) is 3.97. The van der Waals surface area contributed by atoms with E-state index >= 15 is 0 Å². The van der Waals surface area contributed by atoms with E-state index in [2.05, 4.69) is 6.07 Å². The Hall–Kier alpha value is -1.83. The Morgan fingerprint density at radius 3 is 2.50 bits per heavy atom. The summed E-state index contributed by atoms with van der Waals surface area (Å²) in [5.41, 5.74) is 6.39. The van der Waals surface area contributed by atoms with Crippen LogP contribution in [0.1, 0.15) is 24.8 Å². The van der Waals surface area contributed by atoms with E-state index in [0.29, 0.717) is 0 Å². The fourth-order valence-corrected chi connectivity index (χ4v) is 2.03. The molecule has 2 nitrogen and oxygen atoms in total. The van der Waals surface area contributed by atoms with Crippen molar-refractivity contribution in [3.8, 4) is 0 Å². The summed E-state index contributed by atoms with van der Waals surface area (Å²) in [4.78, 5) is 11.3. The van der Waals surface area contributed by atoms with Gasteiger partial charge in [-0.05, 0) is 22.8 Å². The molecule has 2 rings (SSSR count). The summed E-state index contributed by atoms with van der Waals surface area (Å²) in [5.74, 6) is -0.428. The first kappa shape index (κ1) is 10.7. The molecule has 1 unspecified atom stereocenters. The van der Waals surface area contributed by atoms with Gasteiger partial charge in [-0.15, -0.1) is 0 Å². The molecule has 2 aromatic carbocycles. The van der Waals surface area contributed by atoms with Gasteiger partial charge in [0.25, 0.3) is 0 Å². The van der Waals surface area contributed by atoms with E-state index in [4.69, 9.17) is 5.73 Å². The van der Waals surface area contributed by atoms with Crippen LogP contribution in [0.25, 0.3) is 10.8 Å². The Labute approximate surface area is 95.1 Å². The van der Waals surface area contributed by atoms with Gasteiger partial charge in [0.2, 0.25) is 5.91 Å². The third kappa shape index (κ3) is 1.91. The van der Waals surface area contributed by atoms with Crippen LogP contribution < -0.4 is 5.73 Å². The number of hydrogen-bond donors (Lipinski definition) is 1. The van der Waals surface area contributed by atoms with Gasteiger partial charge in [0.1, 0.15) is 0 Å². The quantitative estimate of drug-likeness (QED) is 0.837. The second-order valence-electron chi connectivity index (χ2n) is 3.97. The molecule has 1 amide bonds. The van der Waals surface area contributed by atoms with Crippen molar-refractivity contribution in [2.75, 3.05) is 0 Å². The minimum atomic E-state index is -0.252. The first-order valence-corrected chi connectivity index (χ1v) is 5.50. The zero-order chi connectivity index (χ0) is 11.5. The van der Waals surface area contributed by atoms with E-state index < -0.39 is 0 Å². The molecule has 0 heterocycles. The average Bonchev–Trinajstić information content (AvgIpc) is 2.29. The lowest BCUT2D eigenvalue weighted by Crippen LogP contribution is -2.20. The number of nitrogens with two attached hydrogens (primary N) is 1. The van der Waals surface area contributed by atoms with Crippen LogP contribution in [0.2, 0.25) is 0 Å². The number of benzene rings is 2. The lowest BCUT2D eigenvalue weighted by atomic mass is 9.94. The van der Waals surface area contributed by atoms with E-state index in [1.54, 1.807) is 0 Å². The first-order chi connectivity index (χ1) is 7.72. The van der Waals surface area contributed by atoms with Gasteiger partial charge >= 0.3 is 0 Å². The van der Waals surface area contributed by atoms with Crippen molar-refractivity contribution in [2.24, 2.45) is 5.73 Å². The maximum absolute atomic E-state index is 11.3. The number of hydrogen-bond acceptors (Lipinski definition) is 1. The highest BCUT2D eigenvalue weighted by atomic mass is 16.1. The maximum Gasteiger partial charge on any atom is 0.224 e. The summed E-state index contributed by atoms with van der Waals surface area (Å²) in [6.07, 6.45) is 0.744. The molecule has 1 atom stereocenters. The van der Waals surface area contributed by atoms with Crippen LogP contribution in [0.3, 0.4) is 0 Å². The molecule has 0 bridgehead atoms. The van der Waals surface area contributed by atoms with Gasteiger partial charge in [-0.25, -0.2) is 0 Å². The Kier molecular flexibility index (Phi) is 2.91. The van der Waals surface area contributed by atoms with Crippen LogP contribution in [0.15, 0.2) is 42.5 Å². The minimum Gasteiger partial charge on any atom is -0.369 e. The molecule has 0 saturated carbocycles. The highest BCUT2D eigenvalue weighted by molar-refractivity contribution is 5.87. The van der Waals surface area contributed by atoms with Crippen molar-refractivity contribution in [2.45, 2.75) is 19.3 Å². The molecular formula is C14H15NO. The van der Waals surface area contributed by atoms with Crippen molar-refractivity contribution in [1.29, 1.82) is 0 Å². The van der Waals surface area contributed by atoms with Crippen molar-refractivity contribution >= 4 is 16.7 Å². The summed E-state index contributed by atoms with van der Waals surface area (Å²) in [5, 5.41) is 2.34. The topological polar surface area (TPSA) is 43.1 Å². The van der Waals surface area contributed by atoms with Gasteiger partial charge < -0.3 is 5.73 Å². The van der Waals surface area contributed by atoms with Crippen LogP contribution in [-0.4, -0.2) is 5.91 Å². The SMILES string of the molecule is CCC(C(N)=O)c1ccc2ccccc2c1. The molecule has 0 radical (unpaired) electrons. The largest absolute Gasteiger partial charge is 0.369 e. The number of amides is 1. The zero-order valence-electron chi connectivity index (χ0n) is 9.31. The van der Waals surface area contributed by atoms with Gasteiger partial charge in [0.15, 0.2) is 0 Å². The van der Waals surface area contributed by atoms with Crippen molar-refractivity contribution in [3.05, 3.63) is 48.0 Å². The summed E-state index contributed by atoms with van der Waals surface area (Å²) >= 11 is 0. The number of carbonyl (C=O) groups is 1. The highest BCUT2D eigenvalue weighted by Crippen LogP contribution is 2.23. The standard InChI is InChI=1S/C14H15NO/c1-2-13(14(15)16)12-8-7-10-5-3-4-6-11(10)9-12/h3-9,13H,2H2,1H3,(H2,15,16). The molecule has 0 spiro atoms. The lowest BCUT2D eigenvalue weighted by molar-refractivity contribution is -0.119. The molecule has 0 aromatic heterocycles. The normalized spacial score (nSPS) is 12.6. The van der Waals surface area contributed by atoms with Crippen molar-refractivity contribution in [3.63, 3.8) is 0 Å². The molecule has 2 aromatic rings. The molecule has 2 N–H and O–H groups in total. The monoisotopic (exact) mass is 213 g/mol.